The Kier molecular flexibility index (Phi) is 7.41. The van der Waals surface area contributed by atoms with E-state index in [-0.39, 0.29) is 30.1 Å². The lowest BCUT2D eigenvalue weighted by Crippen LogP contribution is -2.57. The second-order valence-corrected chi connectivity index (χ2v) is 7.43. The third-order valence-corrected chi connectivity index (χ3v) is 6.05. The second kappa shape index (κ2) is 8.85. The van der Waals surface area contributed by atoms with Crippen LogP contribution in [0.3, 0.4) is 0 Å². The molecule has 23 heavy (non-hydrogen) atoms. The first-order valence-electron chi connectivity index (χ1n) is 9.04. The summed E-state index contributed by atoms with van der Waals surface area (Å²) >= 11 is 0. The van der Waals surface area contributed by atoms with Gasteiger partial charge in [-0.05, 0) is 45.6 Å². The van der Waals surface area contributed by atoms with Crippen LogP contribution in [0.15, 0.2) is 4.99 Å². The van der Waals surface area contributed by atoms with E-state index in [4.69, 9.17) is 0 Å². The van der Waals surface area contributed by atoms with Crippen LogP contribution in [0.1, 0.15) is 51.4 Å². The van der Waals surface area contributed by atoms with Crippen LogP contribution in [0.25, 0.3) is 0 Å². The molecule has 3 N–H and O–H groups in total. The number of nitrogens with one attached hydrogen (secondary N) is 2. The fraction of sp³-hybridized carbons (Fsp3) is 0.941. The maximum absolute atomic E-state index is 9.93. The molecule has 0 amide bonds. The van der Waals surface area contributed by atoms with Crippen LogP contribution in [0, 0.1) is 5.92 Å². The monoisotopic (exact) mass is 436 g/mol. The Morgan fingerprint density at radius 2 is 1.78 bits per heavy atom. The number of halogens is 1. The summed E-state index contributed by atoms with van der Waals surface area (Å²) in [4.78, 5) is 6.97. The van der Waals surface area contributed by atoms with E-state index in [0.717, 1.165) is 43.9 Å². The summed E-state index contributed by atoms with van der Waals surface area (Å²) in [5, 5.41) is 17.0. The molecule has 0 spiro atoms. The minimum absolute atomic E-state index is 0. The molecule has 2 heterocycles. The van der Waals surface area contributed by atoms with E-state index in [0.29, 0.717) is 12.0 Å². The molecule has 134 valence electrons. The summed E-state index contributed by atoms with van der Waals surface area (Å²) in [6.07, 6.45) is 9.61. The Hall–Kier alpha value is -0.0800. The van der Waals surface area contributed by atoms with Crippen molar-refractivity contribution < 1.29 is 5.11 Å². The largest absolute Gasteiger partial charge is 0.393 e. The Balaban J connectivity index is 0.00000192. The summed E-state index contributed by atoms with van der Waals surface area (Å²) in [7, 11) is 4.13. The Morgan fingerprint density at radius 3 is 2.35 bits per heavy atom. The number of piperidine rings is 2. The van der Waals surface area contributed by atoms with E-state index in [1.54, 1.807) is 0 Å². The van der Waals surface area contributed by atoms with Crippen molar-refractivity contribution in [2.75, 3.05) is 20.6 Å². The highest BCUT2D eigenvalue weighted by Gasteiger charge is 2.36. The molecule has 3 fully saturated rings. The van der Waals surface area contributed by atoms with Crippen LogP contribution in [0.2, 0.25) is 0 Å². The molecule has 3 aliphatic rings. The number of rotatable bonds is 3. The lowest BCUT2D eigenvalue weighted by Gasteiger charge is -2.47. The predicted molar refractivity (Wildman–Crippen MR) is 105 cm³/mol. The summed E-state index contributed by atoms with van der Waals surface area (Å²) in [5.74, 6) is 1.29. The minimum atomic E-state index is -0.131. The molecule has 2 aliphatic heterocycles. The van der Waals surface area contributed by atoms with E-state index in [2.05, 4.69) is 27.6 Å². The number of hydrogen-bond acceptors (Lipinski definition) is 3. The fourth-order valence-corrected chi connectivity index (χ4v) is 4.60. The first-order chi connectivity index (χ1) is 10.7. The standard InChI is InChI=1S/C17H32N4O.HI/c1-18-17(19-11-12-5-3-8-16(12)22)20-13-9-14-6-4-7-15(10-13)21(14)2;/h12-16,22H,3-11H2,1-2H3,(H2,18,19,20);1H. The number of hydrogen-bond donors (Lipinski definition) is 3. The molecule has 0 aromatic carbocycles. The Bertz CT molecular complexity index is 392. The molecule has 6 heteroatoms. The van der Waals surface area contributed by atoms with E-state index < -0.39 is 0 Å². The molecule has 2 bridgehead atoms. The van der Waals surface area contributed by atoms with Crippen molar-refractivity contribution in [1.29, 1.82) is 0 Å². The topological polar surface area (TPSA) is 59.9 Å². The Morgan fingerprint density at radius 1 is 1.13 bits per heavy atom. The van der Waals surface area contributed by atoms with Crippen LogP contribution in [0.5, 0.6) is 0 Å². The van der Waals surface area contributed by atoms with Gasteiger partial charge in [-0.25, -0.2) is 0 Å². The van der Waals surface area contributed by atoms with Gasteiger partial charge in [0, 0.05) is 37.6 Å². The van der Waals surface area contributed by atoms with Crippen molar-refractivity contribution in [2.24, 2.45) is 10.9 Å². The molecule has 0 aromatic rings. The van der Waals surface area contributed by atoms with Gasteiger partial charge in [-0.2, -0.15) is 0 Å². The van der Waals surface area contributed by atoms with Crippen molar-refractivity contribution in [3.8, 4) is 0 Å². The number of nitrogens with zero attached hydrogens (tertiary/aromatic N) is 2. The molecule has 4 unspecified atom stereocenters. The van der Waals surface area contributed by atoms with Crippen LogP contribution >= 0.6 is 24.0 Å². The van der Waals surface area contributed by atoms with Crippen molar-refractivity contribution in [3.63, 3.8) is 0 Å². The van der Waals surface area contributed by atoms with Gasteiger partial charge in [0.2, 0.25) is 0 Å². The third-order valence-electron chi connectivity index (χ3n) is 6.05. The molecule has 0 radical (unpaired) electrons. The van der Waals surface area contributed by atoms with E-state index >= 15 is 0 Å². The average molecular weight is 436 g/mol. The zero-order valence-corrected chi connectivity index (χ0v) is 16.8. The van der Waals surface area contributed by atoms with E-state index in [9.17, 15) is 5.11 Å². The smallest absolute Gasteiger partial charge is 0.191 e. The van der Waals surface area contributed by atoms with Gasteiger partial charge in [-0.1, -0.05) is 12.8 Å². The van der Waals surface area contributed by atoms with Gasteiger partial charge >= 0.3 is 0 Å². The number of aliphatic imine (C=N–C) groups is 1. The van der Waals surface area contributed by atoms with Gasteiger partial charge in [0.25, 0.3) is 0 Å². The molecular weight excluding hydrogens is 403 g/mol. The first-order valence-corrected chi connectivity index (χ1v) is 9.04. The maximum atomic E-state index is 9.93. The molecule has 1 saturated carbocycles. The minimum Gasteiger partial charge on any atom is -0.393 e. The zero-order valence-electron chi connectivity index (χ0n) is 14.5. The van der Waals surface area contributed by atoms with Crippen LogP contribution in [-0.2, 0) is 0 Å². The number of aliphatic hydroxyl groups excluding tert-OH is 1. The predicted octanol–water partition coefficient (Wildman–Crippen LogP) is 1.95. The third kappa shape index (κ3) is 4.72. The van der Waals surface area contributed by atoms with Crippen LogP contribution in [-0.4, -0.2) is 60.8 Å². The quantitative estimate of drug-likeness (QED) is 0.360. The highest BCUT2D eigenvalue weighted by molar-refractivity contribution is 14.0. The summed E-state index contributed by atoms with van der Waals surface area (Å²) < 4.78 is 0. The molecule has 0 aromatic heterocycles. The lowest BCUT2D eigenvalue weighted by atomic mass is 9.82. The number of fused-ring (bicyclic) bond motifs is 2. The molecule has 5 nitrogen and oxygen atoms in total. The van der Waals surface area contributed by atoms with Gasteiger partial charge in [0.1, 0.15) is 0 Å². The van der Waals surface area contributed by atoms with Crippen molar-refractivity contribution in [1.82, 2.24) is 15.5 Å². The SMILES string of the molecule is CN=C(NCC1CCCC1O)NC1CC2CCCC(C1)N2C.I. The summed E-state index contributed by atoms with van der Waals surface area (Å²) in [6, 6.07) is 2.01. The molecule has 3 rings (SSSR count). The summed E-state index contributed by atoms with van der Waals surface area (Å²) in [6.45, 7) is 0.834. The lowest BCUT2D eigenvalue weighted by molar-refractivity contribution is 0.0526. The number of aliphatic hydroxyl groups is 1. The zero-order chi connectivity index (χ0) is 15.5. The normalized spacial score (nSPS) is 38.0. The maximum Gasteiger partial charge on any atom is 0.191 e. The molecular formula is C17H33IN4O. The van der Waals surface area contributed by atoms with Crippen LogP contribution < -0.4 is 10.6 Å². The fourth-order valence-electron chi connectivity index (χ4n) is 4.60. The van der Waals surface area contributed by atoms with Gasteiger partial charge in [0.05, 0.1) is 6.10 Å². The second-order valence-electron chi connectivity index (χ2n) is 7.43. The molecule has 4 atom stereocenters. The van der Waals surface area contributed by atoms with E-state index in [1.807, 2.05) is 7.05 Å². The van der Waals surface area contributed by atoms with E-state index in [1.165, 1.54) is 32.1 Å². The van der Waals surface area contributed by atoms with Gasteiger partial charge in [-0.15, -0.1) is 24.0 Å². The summed E-state index contributed by atoms with van der Waals surface area (Å²) in [5.41, 5.74) is 0. The number of guanidine groups is 1. The van der Waals surface area contributed by atoms with Gasteiger partial charge in [0.15, 0.2) is 5.96 Å². The average Bonchev–Trinajstić information content (AvgIpc) is 2.89. The van der Waals surface area contributed by atoms with Crippen molar-refractivity contribution in [2.45, 2.75) is 75.6 Å². The Labute approximate surface area is 157 Å². The highest BCUT2D eigenvalue weighted by Crippen LogP contribution is 2.32. The first kappa shape index (κ1) is 19.2. The van der Waals surface area contributed by atoms with Gasteiger partial charge in [-0.3, -0.25) is 4.99 Å². The highest BCUT2D eigenvalue weighted by atomic mass is 127. The van der Waals surface area contributed by atoms with Crippen molar-refractivity contribution in [3.05, 3.63) is 0 Å². The van der Waals surface area contributed by atoms with Gasteiger partial charge < -0.3 is 20.6 Å². The molecule has 2 saturated heterocycles. The van der Waals surface area contributed by atoms with Crippen molar-refractivity contribution >= 4 is 29.9 Å². The molecule has 1 aliphatic carbocycles. The van der Waals surface area contributed by atoms with Crippen LogP contribution in [0.4, 0.5) is 0 Å².